The van der Waals surface area contributed by atoms with Gasteiger partial charge in [-0.3, -0.25) is 0 Å². The molecule has 0 amide bonds. The van der Waals surface area contributed by atoms with Crippen molar-refractivity contribution in [2.45, 2.75) is 19.9 Å². The molecule has 0 saturated carbocycles. The molecule has 12 heteroatoms. The molecule has 0 atom stereocenters. The van der Waals surface area contributed by atoms with Crippen LogP contribution in [-0.2, 0) is 13.0 Å². The van der Waals surface area contributed by atoms with Crippen molar-refractivity contribution in [2.75, 3.05) is 0 Å². The summed E-state index contributed by atoms with van der Waals surface area (Å²) in [5.41, 5.74) is 7.89. The monoisotopic (exact) mass is 946 g/mol. The van der Waals surface area contributed by atoms with Crippen molar-refractivity contribution < 1.29 is 30.8 Å². The quantitative estimate of drug-likeness (QED) is 0.122. The summed E-state index contributed by atoms with van der Waals surface area (Å²) in [6.45, 7) is 1.43. The molecule has 2 aromatic rings. The Labute approximate surface area is 208 Å². The maximum absolute atomic E-state index is 12.8. The van der Waals surface area contributed by atoms with Crippen LogP contribution in [0.5, 0.6) is 0 Å². The second-order valence-corrected chi connectivity index (χ2v) is 20.4. The summed E-state index contributed by atoms with van der Waals surface area (Å²) >= 11 is 9.54. The van der Waals surface area contributed by atoms with Crippen molar-refractivity contribution in [2.24, 2.45) is 5.11 Å². The molecule has 152 valence electrons. The first kappa shape index (κ1) is 30.3. The van der Waals surface area contributed by atoms with E-state index in [4.69, 9.17) is 5.53 Å². The number of rotatable bonds is 3. The Hall–Kier alpha value is 1.12. The van der Waals surface area contributed by atoms with Crippen LogP contribution in [0, 0.1) is 23.3 Å². The van der Waals surface area contributed by atoms with Gasteiger partial charge in [-0.15, -0.1) is 0 Å². The fourth-order valence-corrected chi connectivity index (χ4v) is 1.66. The van der Waals surface area contributed by atoms with E-state index in [9.17, 15) is 17.6 Å². The van der Waals surface area contributed by atoms with Crippen LogP contribution in [0.15, 0.2) is 41.5 Å². The van der Waals surface area contributed by atoms with Gasteiger partial charge in [-0.2, -0.15) is 0 Å². The molecule has 0 aliphatic carbocycles. The number of azide groups is 1. The van der Waals surface area contributed by atoms with Crippen LogP contribution in [0.1, 0.15) is 18.1 Å². The molecule has 0 bridgehead atoms. The van der Waals surface area contributed by atoms with Crippen molar-refractivity contribution in [1.29, 1.82) is 0 Å². The van der Waals surface area contributed by atoms with E-state index < -0.39 is 23.3 Å². The van der Waals surface area contributed by atoms with Gasteiger partial charge in [0.05, 0.1) is 6.54 Å². The van der Waals surface area contributed by atoms with Crippen molar-refractivity contribution in [3.8, 4) is 0 Å². The third-order valence-corrected chi connectivity index (χ3v) is 2.77. The number of benzene rings is 2. The zero-order chi connectivity index (χ0) is 21.2. The van der Waals surface area contributed by atoms with Crippen molar-refractivity contribution in [3.63, 3.8) is 0 Å². The average molecular weight is 946 g/mol. The Balaban J connectivity index is 0. The normalized spacial score (nSPS) is 8.78. The molecule has 0 aromatic heterocycles. The minimum absolute atomic E-state index is 0.169. The summed E-state index contributed by atoms with van der Waals surface area (Å²) in [6.07, 6.45) is 0.401. The second kappa shape index (κ2) is 20.4. The summed E-state index contributed by atoms with van der Waals surface area (Å²) in [7, 11) is 0. The summed E-state index contributed by atoms with van der Waals surface area (Å²) in [6, 6.07) is 7.38. The minimum Gasteiger partial charge on any atom is -0.207 e. The van der Waals surface area contributed by atoms with Gasteiger partial charge in [0.25, 0.3) is 0 Å². The van der Waals surface area contributed by atoms with Gasteiger partial charge in [0.1, 0.15) is 23.3 Å². The van der Waals surface area contributed by atoms with E-state index in [1.807, 2.05) is 0 Å². The first-order valence-electron chi connectivity index (χ1n) is 6.80. The molecule has 0 unspecified atom stereocenters. The molecule has 0 aliphatic heterocycles. The van der Waals surface area contributed by atoms with E-state index in [0.29, 0.717) is 19.7 Å². The van der Waals surface area contributed by atoms with E-state index in [1.165, 1.54) is 24.3 Å². The molecule has 0 fully saturated rings. The molecule has 0 N–H and O–H groups in total. The number of nitrogens with zero attached hydrogens (tertiary/aromatic N) is 3. The number of hydrogen-bond acceptors (Lipinski definition) is 1. The van der Waals surface area contributed by atoms with E-state index in [1.54, 1.807) is 6.92 Å². The SMILES string of the molecule is CCc1c(F)cccc1F.II.I[I-]I.[N-]=[N+]=NCc1c(F)cccc1F. The Bertz CT molecular complexity index is 675. The van der Waals surface area contributed by atoms with Crippen LogP contribution in [-0.4, -0.2) is 0 Å². The molecule has 0 aliphatic rings. The third kappa shape index (κ3) is 13.9. The maximum Gasteiger partial charge on any atom is 0.129 e. The van der Waals surface area contributed by atoms with Gasteiger partial charge in [0.15, 0.2) is 0 Å². The van der Waals surface area contributed by atoms with Crippen molar-refractivity contribution in [3.05, 3.63) is 81.2 Å². The van der Waals surface area contributed by atoms with Crippen LogP contribution in [0.25, 0.3) is 10.4 Å². The standard InChI is InChI=1S/C8H8F2.C7H5F2N3.I3.I2/c1-2-6-7(9)4-3-5-8(6)10;8-6-2-1-3-7(9)5(6)4-11-12-10;1-3-2;1-2/h3-5H,2H2,1H3;1-3H,4H2;;/q;;-1;. The summed E-state index contributed by atoms with van der Waals surface area (Å²) in [5.74, 6) is -2.30. The molecule has 0 saturated heterocycles. The van der Waals surface area contributed by atoms with Crippen molar-refractivity contribution in [1.82, 2.24) is 0 Å². The van der Waals surface area contributed by atoms with Gasteiger partial charge in [-0.1, -0.05) is 24.2 Å². The molecule has 2 aromatic carbocycles. The van der Waals surface area contributed by atoms with Crippen LogP contribution in [0.2, 0.25) is 0 Å². The Morgan fingerprint density at radius 3 is 1.48 bits per heavy atom. The topological polar surface area (TPSA) is 48.8 Å². The minimum atomic E-state index is -0.692. The smallest absolute Gasteiger partial charge is 0.129 e. The molecule has 2 rings (SSSR count). The summed E-state index contributed by atoms with van der Waals surface area (Å²) in [4.78, 5) is 2.40. The molecule has 3 nitrogen and oxygen atoms in total. The predicted molar refractivity (Wildman–Crippen MR) is 131 cm³/mol. The molecule has 0 radical (unpaired) electrons. The van der Waals surface area contributed by atoms with Gasteiger partial charge in [-0.25, -0.2) is 17.6 Å². The fraction of sp³-hybridized carbons (Fsp3) is 0.200. The van der Waals surface area contributed by atoms with Crippen LogP contribution >= 0.6 is 74.5 Å². The van der Waals surface area contributed by atoms with Gasteiger partial charge in [0.2, 0.25) is 0 Å². The van der Waals surface area contributed by atoms with Gasteiger partial charge < -0.3 is 0 Å². The predicted octanol–water partition coefficient (Wildman–Crippen LogP) is 5.85. The summed E-state index contributed by atoms with van der Waals surface area (Å²) < 4.78 is 50.7. The molecular weight excluding hydrogens is 933 g/mol. The van der Waals surface area contributed by atoms with Gasteiger partial charge >= 0.3 is 50.5 Å². The third-order valence-electron chi connectivity index (χ3n) is 2.77. The zero-order valence-electron chi connectivity index (χ0n) is 13.6. The first-order chi connectivity index (χ1) is 12.9. The molecular formula is C15H13F4I5N3-. The van der Waals surface area contributed by atoms with Gasteiger partial charge in [0, 0.05) is 53.3 Å². The Morgan fingerprint density at radius 2 is 1.22 bits per heavy atom. The van der Waals surface area contributed by atoms with E-state index in [0.717, 1.165) is 12.1 Å². The molecule has 0 spiro atoms. The van der Waals surface area contributed by atoms with Gasteiger partial charge in [-0.05, 0) is 36.2 Å². The Kier molecular flexibility index (Phi) is 22.9. The zero-order valence-corrected chi connectivity index (χ0v) is 24.4. The van der Waals surface area contributed by atoms with Crippen LogP contribution < -0.4 is 13.3 Å². The summed E-state index contributed by atoms with van der Waals surface area (Å²) in [5, 5.41) is 3.06. The first-order valence-corrected chi connectivity index (χ1v) is 25.7. The number of halogens is 9. The van der Waals surface area contributed by atoms with E-state index in [2.05, 4.69) is 84.5 Å². The number of hydrogen-bond donors (Lipinski definition) is 0. The maximum atomic E-state index is 12.8. The fourth-order valence-electron chi connectivity index (χ4n) is 1.66. The van der Waals surface area contributed by atoms with Crippen molar-refractivity contribution >= 4 is 74.5 Å². The largest absolute Gasteiger partial charge is 0.207 e. The molecule has 0 heterocycles. The van der Waals surface area contributed by atoms with Crippen LogP contribution in [0.3, 0.4) is 0 Å². The van der Waals surface area contributed by atoms with Crippen LogP contribution in [0.4, 0.5) is 17.6 Å². The molecule has 27 heavy (non-hydrogen) atoms. The second-order valence-electron chi connectivity index (χ2n) is 4.20. The van der Waals surface area contributed by atoms with E-state index >= 15 is 0 Å². The Morgan fingerprint density at radius 1 is 0.889 bits per heavy atom. The average Bonchev–Trinajstić information content (AvgIpc) is 2.65. The van der Waals surface area contributed by atoms with E-state index in [-0.39, 0.29) is 17.7 Å².